The van der Waals surface area contributed by atoms with Crippen LogP contribution in [-0.2, 0) is 0 Å². The lowest BCUT2D eigenvalue weighted by atomic mass is 10.1. The molecule has 0 amide bonds. The lowest BCUT2D eigenvalue weighted by molar-refractivity contribution is 0.364. The molecule has 1 nitrogen and oxygen atoms in total. The van der Waals surface area contributed by atoms with E-state index < -0.39 is 15.1 Å². The number of hydrogen-bond acceptors (Lipinski definition) is 2. The van der Waals surface area contributed by atoms with E-state index in [2.05, 4.69) is 4.40 Å². The summed E-state index contributed by atoms with van der Waals surface area (Å²) in [7, 11) is -9.64. The van der Waals surface area contributed by atoms with Crippen LogP contribution in [0.3, 0.4) is 0 Å². The Morgan fingerprint density at radius 3 is 2.10 bits per heavy atom. The van der Waals surface area contributed by atoms with E-state index >= 15 is 0 Å². The molecule has 0 aliphatic carbocycles. The normalized spacial score (nSPS) is 17.6. The van der Waals surface area contributed by atoms with E-state index in [0.717, 1.165) is 6.07 Å². The summed E-state index contributed by atoms with van der Waals surface area (Å²) in [6, 6.07) is 3.12. The van der Waals surface area contributed by atoms with Crippen LogP contribution in [0, 0.1) is 0 Å². The molecule has 0 aromatic heterocycles. The summed E-state index contributed by atoms with van der Waals surface area (Å²) in [6.45, 7) is 7.15. The minimum absolute atomic E-state index is 0.0347. The van der Waals surface area contributed by atoms with Crippen molar-refractivity contribution in [3.05, 3.63) is 29.8 Å². The summed E-state index contributed by atoms with van der Waals surface area (Å²) in [5, 5.41) is 0. The van der Waals surface area contributed by atoms with Crippen LogP contribution in [0.5, 0.6) is 0 Å². The second kappa shape index (κ2) is 4.37. The minimum Gasteiger partial charge on any atom is -0.220 e. The molecular weight excluding hydrogens is 317 g/mol. The van der Waals surface area contributed by atoms with Gasteiger partial charge in [0.25, 0.3) is 0 Å². The average Bonchev–Trinajstić information content (AvgIpc) is 2.22. The molecule has 0 radical (unpaired) electrons. The van der Waals surface area contributed by atoms with E-state index in [0.29, 0.717) is 12.1 Å². The number of hydrogen-bond donors (Lipinski definition) is 0. The van der Waals surface area contributed by atoms with Crippen molar-refractivity contribution in [3.63, 3.8) is 0 Å². The largest absolute Gasteiger partial charge is 0.310 e. The van der Waals surface area contributed by atoms with E-state index in [4.69, 9.17) is 0 Å². The average molecular weight is 333 g/mol. The van der Waals surface area contributed by atoms with Gasteiger partial charge in [-0.3, -0.25) is 0 Å². The van der Waals surface area contributed by atoms with Crippen LogP contribution in [0.15, 0.2) is 33.6 Å². The number of benzene rings is 1. The Morgan fingerprint density at radius 1 is 1.10 bits per heavy atom. The number of halogens is 5. The first-order valence-corrected chi connectivity index (χ1v) is 8.38. The molecule has 0 heterocycles. The zero-order valence-electron chi connectivity index (χ0n) is 11.5. The molecule has 0 saturated heterocycles. The second-order valence-electron chi connectivity index (χ2n) is 5.38. The predicted molar refractivity (Wildman–Crippen MR) is 77.4 cm³/mol. The first-order chi connectivity index (χ1) is 8.58. The highest BCUT2D eigenvalue weighted by atomic mass is 32.5. The maximum Gasteiger partial charge on any atom is 0.310 e. The van der Waals surface area contributed by atoms with E-state index in [-0.39, 0.29) is 16.0 Å². The Labute approximate surface area is 119 Å². The second-order valence-corrected chi connectivity index (χ2v) is 9.38. The van der Waals surface area contributed by atoms with Crippen LogP contribution >= 0.6 is 22.2 Å². The van der Waals surface area contributed by atoms with E-state index in [1.54, 1.807) is 0 Å². The molecule has 0 aliphatic rings. The van der Waals surface area contributed by atoms with Crippen molar-refractivity contribution in [2.75, 3.05) is 0 Å². The highest BCUT2D eigenvalue weighted by Gasteiger charge is 2.65. The van der Waals surface area contributed by atoms with Gasteiger partial charge in [-0.25, -0.2) is 4.40 Å². The fraction of sp³-hybridized carbons (Fsp3) is 0.417. The van der Waals surface area contributed by atoms with Crippen LogP contribution in [0.1, 0.15) is 33.3 Å². The summed E-state index contributed by atoms with van der Waals surface area (Å²) in [6.07, 6.45) is 0. The van der Waals surface area contributed by atoms with E-state index in [9.17, 15) is 19.4 Å². The molecule has 0 fully saturated rings. The van der Waals surface area contributed by atoms with Gasteiger partial charge in [0, 0.05) is 4.75 Å². The van der Waals surface area contributed by atoms with Crippen LogP contribution in [-0.4, -0.2) is 10.5 Å². The Kier molecular flexibility index (Phi) is 3.77. The molecular formula is C12H16F5NS2. The van der Waals surface area contributed by atoms with Crippen LogP contribution in [0.4, 0.5) is 19.4 Å². The number of nitrogens with zero attached hydrogens (tertiary/aromatic N) is 1. The van der Waals surface area contributed by atoms with Crippen molar-refractivity contribution in [1.29, 1.82) is 0 Å². The van der Waals surface area contributed by atoms with Gasteiger partial charge in [0.2, 0.25) is 0 Å². The van der Waals surface area contributed by atoms with Gasteiger partial charge in [0.15, 0.2) is 0 Å². The third-order valence-corrected chi connectivity index (χ3v) is 4.21. The first kappa shape index (κ1) is 17.3. The molecule has 20 heavy (non-hydrogen) atoms. The smallest absolute Gasteiger partial charge is 0.220 e. The lowest BCUT2D eigenvalue weighted by Crippen LogP contribution is -2.08. The zero-order valence-corrected chi connectivity index (χ0v) is 13.1. The third kappa shape index (κ3) is 5.32. The van der Waals surface area contributed by atoms with Crippen LogP contribution in [0.25, 0.3) is 0 Å². The quantitative estimate of drug-likeness (QED) is 0.345. The van der Waals surface area contributed by atoms with Crippen molar-refractivity contribution in [3.8, 4) is 0 Å². The van der Waals surface area contributed by atoms with Gasteiger partial charge < -0.3 is 0 Å². The fourth-order valence-corrected chi connectivity index (χ4v) is 2.42. The molecule has 0 N–H and O–H groups in total. The molecule has 0 saturated carbocycles. The van der Waals surface area contributed by atoms with Crippen molar-refractivity contribution in [2.24, 2.45) is 4.40 Å². The van der Waals surface area contributed by atoms with Gasteiger partial charge >= 0.3 is 10.2 Å². The minimum atomic E-state index is -9.64. The van der Waals surface area contributed by atoms with Crippen molar-refractivity contribution in [1.82, 2.24) is 0 Å². The highest BCUT2D eigenvalue weighted by Crippen LogP contribution is 3.02. The van der Waals surface area contributed by atoms with Gasteiger partial charge in [0.1, 0.15) is 4.90 Å². The molecule has 0 bridgehead atoms. The summed E-state index contributed by atoms with van der Waals surface area (Å²) in [5.41, 5.74) is 0.307. The highest BCUT2D eigenvalue weighted by molar-refractivity contribution is 8.45. The molecule has 1 rings (SSSR count). The lowest BCUT2D eigenvalue weighted by Gasteiger charge is -2.40. The van der Waals surface area contributed by atoms with Gasteiger partial charge in [-0.2, -0.15) is 0 Å². The Hall–Kier alpha value is -0.760. The first-order valence-electron chi connectivity index (χ1n) is 5.66. The predicted octanol–water partition coefficient (Wildman–Crippen LogP) is 6.60. The molecule has 116 valence electrons. The van der Waals surface area contributed by atoms with Gasteiger partial charge in [-0.05, 0) is 57.3 Å². The summed E-state index contributed by atoms with van der Waals surface area (Å²) < 4.78 is 67.5. The Morgan fingerprint density at radius 2 is 1.65 bits per heavy atom. The third-order valence-electron chi connectivity index (χ3n) is 2.15. The SMILES string of the molecule is C/C(=N/SC(C)(C)C)c1cccc(S(F)(F)(F)(F)F)c1. The van der Waals surface area contributed by atoms with Gasteiger partial charge in [-0.15, -0.1) is 0 Å². The zero-order chi connectivity index (χ0) is 15.9. The number of rotatable bonds is 3. The fourth-order valence-electron chi connectivity index (χ4n) is 1.22. The van der Waals surface area contributed by atoms with Crippen molar-refractivity contribution >= 4 is 27.9 Å². The topological polar surface area (TPSA) is 12.4 Å². The van der Waals surface area contributed by atoms with E-state index in [1.807, 2.05) is 20.8 Å². The Balaban J connectivity index is 3.20. The molecule has 8 heteroatoms. The van der Waals surface area contributed by atoms with Gasteiger partial charge in [0.05, 0.1) is 5.71 Å². The molecule has 0 unspecified atom stereocenters. The molecule has 0 aliphatic heterocycles. The summed E-state index contributed by atoms with van der Waals surface area (Å²) >= 11 is 1.18. The van der Waals surface area contributed by atoms with Crippen LogP contribution in [0.2, 0.25) is 0 Å². The molecule has 0 atom stereocenters. The molecule has 1 aromatic rings. The molecule has 1 aromatic carbocycles. The van der Waals surface area contributed by atoms with Crippen LogP contribution < -0.4 is 0 Å². The monoisotopic (exact) mass is 333 g/mol. The van der Waals surface area contributed by atoms with E-state index in [1.165, 1.54) is 24.9 Å². The Bertz CT molecular complexity index is 543. The summed E-state index contributed by atoms with van der Waals surface area (Å²) in [5.74, 6) is 0. The maximum absolute atomic E-state index is 12.7. The standard InChI is InChI=1S/C12H16F5NS2/c1-9(18-19-12(2,3)4)10-6-5-7-11(8-10)20(13,14,15,16)17/h5-8H,1-4H3/b18-9-. The van der Waals surface area contributed by atoms with Gasteiger partial charge in [-0.1, -0.05) is 31.6 Å². The van der Waals surface area contributed by atoms with Crippen molar-refractivity contribution in [2.45, 2.75) is 37.3 Å². The molecule has 0 spiro atoms. The maximum atomic E-state index is 12.7. The van der Waals surface area contributed by atoms with Crippen molar-refractivity contribution < 1.29 is 19.4 Å². The summed E-state index contributed by atoms with van der Waals surface area (Å²) in [4.78, 5) is -1.89.